The molecule has 0 radical (unpaired) electrons. The zero-order chi connectivity index (χ0) is 21.8. The minimum Gasteiger partial charge on any atom is -0.493 e. The summed E-state index contributed by atoms with van der Waals surface area (Å²) in [6.45, 7) is 1.71. The predicted octanol–water partition coefficient (Wildman–Crippen LogP) is 5.76. The smallest absolute Gasteiger partial charge is 0.257 e. The van der Waals surface area contributed by atoms with E-state index in [1.54, 1.807) is 25.3 Å². The summed E-state index contributed by atoms with van der Waals surface area (Å²) < 4.78 is 29.4. The van der Waals surface area contributed by atoms with Crippen LogP contribution in [0, 0.1) is 12.7 Å². The van der Waals surface area contributed by atoms with E-state index in [1.165, 1.54) is 45.7 Å². The number of amides is 1. The average molecular weight is 447 g/mol. The van der Waals surface area contributed by atoms with Gasteiger partial charge in [-0.1, -0.05) is 19.0 Å². The summed E-state index contributed by atoms with van der Waals surface area (Å²) in [7, 11) is 4.46. The normalized spacial score (nSPS) is 10.1. The molecular weight excluding hydrogens is 423 g/mol. The maximum atomic E-state index is 13.3. The van der Waals surface area contributed by atoms with Gasteiger partial charge in [-0.25, -0.2) is 4.39 Å². The van der Waals surface area contributed by atoms with Gasteiger partial charge in [0.25, 0.3) is 5.91 Å². The molecule has 0 aliphatic heterocycles. The second-order valence-corrected chi connectivity index (χ2v) is 6.76. The molecule has 0 unspecified atom stereocenters. The number of aromatic nitrogens is 1. The minimum absolute atomic E-state index is 0. The molecule has 1 N–H and O–H groups in total. The minimum atomic E-state index is -0.386. The molecule has 3 aromatic rings. The molecule has 1 aromatic heterocycles. The summed E-state index contributed by atoms with van der Waals surface area (Å²) in [5.41, 5.74) is 2.58. The fourth-order valence-electron chi connectivity index (χ4n) is 3.00. The Morgan fingerprint density at radius 2 is 1.74 bits per heavy atom. The molecule has 0 aliphatic rings. The Kier molecular flexibility index (Phi) is 7.83. The summed E-state index contributed by atoms with van der Waals surface area (Å²) in [5, 5.41) is 3.06. The second-order valence-electron chi connectivity index (χ2n) is 6.38. The van der Waals surface area contributed by atoms with Gasteiger partial charge in [0, 0.05) is 29.2 Å². The van der Waals surface area contributed by atoms with Crippen LogP contribution in [-0.2, 0) is 0 Å². The van der Waals surface area contributed by atoms with Gasteiger partial charge in [-0.3, -0.25) is 9.78 Å². The highest BCUT2D eigenvalue weighted by Gasteiger charge is 2.21. The third kappa shape index (κ3) is 4.88. The second kappa shape index (κ2) is 10.1. The Hall–Kier alpha value is -3.32. The Balaban J connectivity index is 0.00000341. The third-order valence-corrected chi connectivity index (χ3v) is 4.89. The Labute approximate surface area is 185 Å². The predicted molar refractivity (Wildman–Crippen MR) is 120 cm³/mol. The molecule has 0 fully saturated rings. The number of anilines is 1. The van der Waals surface area contributed by atoms with Crippen LogP contribution < -0.4 is 19.5 Å². The number of rotatable bonds is 6. The quantitative estimate of drug-likeness (QED) is 0.521. The van der Waals surface area contributed by atoms with E-state index in [4.69, 9.17) is 25.8 Å². The SMILES string of the molecule is C.COc1cc(-c2cncc(C(=O)Nc3ccc(F)cc3C)c2)c(Cl)c(OC)c1OC. The number of halogens is 2. The molecule has 0 saturated heterocycles. The lowest BCUT2D eigenvalue weighted by Gasteiger charge is -2.17. The summed E-state index contributed by atoms with van der Waals surface area (Å²) in [4.78, 5) is 16.9. The number of carbonyl (C=O) groups is 1. The largest absolute Gasteiger partial charge is 0.493 e. The van der Waals surface area contributed by atoms with Gasteiger partial charge in [-0.05, 0) is 42.8 Å². The van der Waals surface area contributed by atoms with E-state index in [0.29, 0.717) is 50.2 Å². The first-order chi connectivity index (χ1) is 14.4. The highest BCUT2D eigenvalue weighted by molar-refractivity contribution is 6.35. The van der Waals surface area contributed by atoms with Crippen LogP contribution in [0.3, 0.4) is 0 Å². The maximum Gasteiger partial charge on any atom is 0.257 e. The van der Waals surface area contributed by atoms with Gasteiger partial charge >= 0.3 is 0 Å². The molecule has 0 aliphatic carbocycles. The summed E-state index contributed by atoms with van der Waals surface area (Å²) >= 11 is 6.53. The zero-order valence-electron chi connectivity index (χ0n) is 16.9. The van der Waals surface area contributed by atoms with Crippen LogP contribution in [0.15, 0.2) is 42.7 Å². The molecule has 8 heteroatoms. The molecular formula is C23H24ClFN2O4. The molecule has 0 atom stereocenters. The van der Waals surface area contributed by atoms with Crippen molar-refractivity contribution in [1.82, 2.24) is 4.98 Å². The van der Waals surface area contributed by atoms with Crippen molar-refractivity contribution in [1.29, 1.82) is 0 Å². The number of hydrogen-bond acceptors (Lipinski definition) is 5. The number of nitrogens with one attached hydrogen (secondary N) is 1. The molecule has 1 amide bonds. The van der Waals surface area contributed by atoms with E-state index in [0.717, 1.165) is 0 Å². The first-order valence-corrected chi connectivity index (χ1v) is 9.28. The molecule has 6 nitrogen and oxygen atoms in total. The van der Waals surface area contributed by atoms with Crippen molar-refractivity contribution >= 4 is 23.2 Å². The summed E-state index contributed by atoms with van der Waals surface area (Å²) in [6.07, 6.45) is 3.01. The molecule has 1 heterocycles. The molecule has 31 heavy (non-hydrogen) atoms. The molecule has 0 bridgehead atoms. The third-order valence-electron chi connectivity index (χ3n) is 4.52. The molecule has 0 saturated carbocycles. The first-order valence-electron chi connectivity index (χ1n) is 8.91. The van der Waals surface area contributed by atoms with E-state index in [9.17, 15) is 9.18 Å². The van der Waals surface area contributed by atoms with Gasteiger partial charge in [-0.2, -0.15) is 0 Å². The van der Waals surface area contributed by atoms with Crippen molar-refractivity contribution < 1.29 is 23.4 Å². The van der Waals surface area contributed by atoms with Crippen LogP contribution in [-0.4, -0.2) is 32.2 Å². The standard InChI is InChI=1S/C22H20ClFN2O4.CH4/c1-12-7-15(24)5-6-17(12)26-22(27)14-8-13(10-25-11-14)16-9-18(28-2)20(29-3)21(30-4)19(16)23;/h5-11H,1-4H3,(H,26,27);1H4. The van der Waals surface area contributed by atoms with E-state index in [-0.39, 0.29) is 19.2 Å². The van der Waals surface area contributed by atoms with Crippen LogP contribution in [0.4, 0.5) is 10.1 Å². The van der Waals surface area contributed by atoms with Crippen LogP contribution in [0.2, 0.25) is 5.02 Å². The van der Waals surface area contributed by atoms with Crippen molar-refractivity contribution in [3.05, 3.63) is 64.7 Å². The Bertz CT molecular complexity index is 1110. The molecule has 0 spiro atoms. The van der Waals surface area contributed by atoms with Crippen molar-refractivity contribution in [2.45, 2.75) is 14.4 Å². The van der Waals surface area contributed by atoms with Crippen molar-refractivity contribution in [3.8, 4) is 28.4 Å². The highest BCUT2D eigenvalue weighted by Crippen LogP contribution is 2.47. The summed E-state index contributed by atoms with van der Waals surface area (Å²) in [5.74, 6) is 0.340. The van der Waals surface area contributed by atoms with Gasteiger partial charge in [-0.15, -0.1) is 0 Å². The van der Waals surface area contributed by atoms with E-state index >= 15 is 0 Å². The molecule has 3 rings (SSSR count). The lowest BCUT2D eigenvalue weighted by molar-refractivity contribution is 0.102. The topological polar surface area (TPSA) is 69.7 Å². The number of methoxy groups -OCH3 is 3. The van der Waals surface area contributed by atoms with E-state index in [2.05, 4.69) is 10.3 Å². The Morgan fingerprint density at radius 1 is 1.03 bits per heavy atom. The number of pyridine rings is 1. The monoisotopic (exact) mass is 446 g/mol. The van der Waals surface area contributed by atoms with Crippen molar-refractivity contribution in [3.63, 3.8) is 0 Å². The van der Waals surface area contributed by atoms with Gasteiger partial charge in [0.2, 0.25) is 5.75 Å². The van der Waals surface area contributed by atoms with Crippen LogP contribution in [0.25, 0.3) is 11.1 Å². The number of carbonyl (C=O) groups excluding carboxylic acids is 1. The van der Waals surface area contributed by atoms with Gasteiger partial charge in [0.05, 0.1) is 31.9 Å². The van der Waals surface area contributed by atoms with Crippen LogP contribution in [0.1, 0.15) is 23.3 Å². The lowest BCUT2D eigenvalue weighted by atomic mass is 10.0. The average Bonchev–Trinajstić information content (AvgIpc) is 2.75. The Morgan fingerprint density at radius 3 is 2.35 bits per heavy atom. The summed E-state index contributed by atoms with van der Waals surface area (Å²) in [6, 6.07) is 7.48. The van der Waals surface area contributed by atoms with Crippen molar-refractivity contribution in [2.75, 3.05) is 26.6 Å². The van der Waals surface area contributed by atoms with Gasteiger partial charge in [0.15, 0.2) is 11.5 Å². The lowest BCUT2D eigenvalue weighted by Crippen LogP contribution is -2.13. The number of hydrogen-bond donors (Lipinski definition) is 1. The first kappa shape index (κ1) is 24.0. The number of ether oxygens (including phenoxy) is 3. The maximum absolute atomic E-state index is 13.3. The molecule has 2 aromatic carbocycles. The highest BCUT2D eigenvalue weighted by atomic mass is 35.5. The number of nitrogens with zero attached hydrogens (tertiary/aromatic N) is 1. The van der Waals surface area contributed by atoms with Gasteiger partial charge in [0.1, 0.15) is 5.82 Å². The van der Waals surface area contributed by atoms with Crippen LogP contribution >= 0.6 is 11.6 Å². The van der Waals surface area contributed by atoms with Gasteiger partial charge < -0.3 is 19.5 Å². The zero-order valence-corrected chi connectivity index (χ0v) is 17.6. The van der Waals surface area contributed by atoms with E-state index in [1.807, 2.05) is 0 Å². The fraction of sp³-hybridized carbons (Fsp3) is 0.217. The fourth-order valence-corrected chi connectivity index (χ4v) is 3.33. The number of benzene rings is 2. The number of aryl methyl sites for hydroxylation is 1. The molecule has 164 valence electrons. The van der Waals surface area contributed by atoms with Crippen LogP contribution in [0.5, 0.6) is 17.2 Å². The van der Waals surface area contributed by atoms with Crippen molar-refractivity contribution in [2.24, 2.45) is 0 Å². The van der Waals surface area contributed by atoms with E-state index < -0.39 is 0 Å².